The van der Waals surface area contributed by atoms with Crippen LogP contribution in [0.5, 0.6) is 0 Å². The van der Waals surface area contributed by atoms with Gasteiger partial charge in [0.05, 0.1) is 19.2 Å². The van der Waals surface area contributed by atoms with Gasteiger partial charge in [-0.1, -0.05) is 6.08 Å². The highest BCUT2D eigenvalue weighted by molar-refractivity contribution is 5.82. The van der Waals surface area contributed by atoms with Gasteiger partial charge < -0.3 is 9.47 Å². The fraction of sp³-hybridized carbons (Fsp3) is 0.474. The third kappa shape index (κ3) is 5.03. The summed E-state index contributed by atoms with van der Waals surface area (Å²) in [5.41, 5.74) is -0.379. The molecule has 0 bridgehead atoms. The zero-order valence-corrected chi connectivity index (χ0v) is 15.3. The molecule has 0 spiro atoms. The van der Waals surface area contributed by atoms with E-state index in [2.05, 4.69) is 4.74 Å². The van der Waals surface area contributed by atoms with Crippen LogP contribution in [0.3, 0.4) is 0 Å². The summed E-state index contributed by atoms with van der Waals surface area (Å²) in [6, 6.07) is 2.20. The number of halogens is 2. The first-order chi connectivity index (χ1) is 12.1. The van der Waals surface area contributed by atoms with Crippen molar-refractivity contribution in [2.75, 3.05) is 7.11 Å². The molecule has 1 aromatic carbocycles. The second-order valence-corrected chi connectivity index (χ2v) is 7.13. The van der Waals surface area contributed by atoms with Crippen molar-refractivity contribution in [2.45, 2.75) is 51.3 Å². The predicted octanol–water partition coefficient (Wildman–Crippen LogP) is 4.13. The maximum atomic E-state index is 13.6. The van der Waals surface area contributed by atoms with Crippen LogP contribution in [0.2, 0.25) is 0 Å². The SMILES string of the molecule is COC(=O)C=C[C@H]1CC[C@@H](c2cc(F)cc(F)c2)N1C(=O)OC(C)(C)C. The van der Waals surface area contributed by atoms with Crippen LogP contribution in [-0.4, -0.2) is 35.7 Å². The highest BCUT2D eigenvalue weighted by Gasteiger charge is 2.39. The van der Waals surface area contributed by atoms with Crippen LogP contribution in [0.1, 0.15) is 45.2 Å². The summed E-state index contributed by atoms with van der Waals surface area (Å²) in [4.78, 5) is 25.5. The second kappa shape index (κ2) is 7.85. The Labute approximate surface area is 151 Å². The van der Waals surface area contributed by atoms with E-state index in [1.165, 1.54) is 30.2 Å². The summed E-state index contributed by atoms with van der Waals surface area (Å²) in [5, 5.41) is 0. The molecule has 1 saturated heterocycles. The van der Waals surface area contributed by atoms with E-state index in [0.717, 1.165) is 6.07 Å². The van der Waals surface area contributed by atoms with Gasteiger partial charge in [0, 0.05) is 12.1 Å². The smallest absolute Gasteiger partial charge is 0.411 e. The van der Waals surface area contributed by atoms with Gasteiger partial charge in [0.2, 0.25) is 0 Å². The number of esters is 1. The van der Waals surface area contributed by atoms with Gasteiger partial charge in [0.15, 0.2) is 0 Å². The molecule has 1 aliphatic heterocycles. The molecule has 26 heavy (non-hydrogen) atoms. The number of methoxy groups -OCH3 is 1. The van der Waals surface area contributed by atoms with Crippen molar-refractivity contribution >= 4 is 12.1 Å². The van der Waals surface area contributed by atoms with Gasteiger partial charge in [-0.2, -0.15) is 0 Å². The van der Waals surface area contributed by atoms with Gasteiger partial charge in [-0.05, 0) is 51.3 Å². The van der Waals surface area contributed by atoms with Gasteiger partial charge in [-0.15, -0.1) is 0 Å². The molecular weight excluding hydrogens is 344 g/mol. The predicted molar refractivity (Wildman–Crippen MR) is 91.4 cm³/mol. The molecule has 1 aromatic rings. The molecular formula is C19H23F2NO4. The van der Waals surface area contributed by atoms with Crippen LogP contribution in [0, 0.1) is 11.6 Å². The molecule has 1 fully saturated rings. The molecule has 1 aliphatic rings. The molecule has 142 valence electrons. The maximum Gasteiger partial charge on any atom is 0.411 e. The van der Waals surface area contributed by atoms with E-state index in [0.29, 0.717) is 18.4 Å². The number of carbonyl (C=O) groups is 2. The highest BCUT2D eigenvalue weighted by atomic mass is 19.1. The summed E-state index contributed by atoms with van der Waals surface area (Å²) in [6.45, 7) is 5.20. The zero-order valence-electron chi connectivity index (χ0n) is 15.3. The number of hydrogen-bond donors (Lipinski definition) is 0. The molecule has 0 unspecified atom stereocenters. The Morgan fingerprint density at radius 2 is 1.77 bits per heavy atom. The lowest BCUT2D eigenvalue weighted by Gasteiger charge is -2.32. The number of rotatable bonds is 3. The lowest BCUT2D eigenvalue weighted by Crippen LogP contribution is -2.40. The molecule has 1 heterocycles. The van der Waals surface area contributed by atoms with Crippen LogP contribution < -0.4 is 0 Å². The minimum atomic E-state index is -0.728. The van der Waals surface area contributed by atoms with Crippen molar-refractivity contribution in [1.29, 1.82) is 0 Å². The standard InChI is InChI=1S/C19H23F2NO4/c1-19(2,3)26-18(24)22-15(6-8-17(23)25-4)5-7-16(22)12-9-13(20)11-14(21)10-12/h6,8-11,15-16H,5,7H2,1-4H3/t15-,16+/m1/s1. The Hall–Kier alpha value is -2.44. The average Bonchev–Trinajstić information content (AvgIpc) is 2.94. The molecule has 0 aliphatic carbocycles. The number of likely N-dealkylation sites (tertiary alicyclic amines) is 1. The van der Waals surface area contributed by atoms with Crippen LogP contribution in [0.4, 0.5) is 13.6 Å². The van der Waals surface area contributed by atoms with Crippen molar-refractivity contribution in [3.8, 4) is 0 Å². The van der Waals surface area contributed by atoms with Crippen molar-refractivity contribution in [3.05, 3.63) is 47.5 Å². The third-order valence-electron chi connectivity index (χ3n) is 3.96. The van der Waals surface area contributed by atoms with Crippen LogP contribution in [0.15, 0.2) is 30.4 Å². The molecule has 2 rings (SSSR count). The number of hydrogen-bond acceptors (Lipinski definition) is 4. The van der Waals surface area contributed by atoms with Crippen molar-refractivity contribution in [1.82, 2.24) is 4.90 Å². The van der Waals surface area contributed by atoms with Crippen LogP contribution in [-0.2, 0) is 14.3 Å². The first kappa shape index (κ1) is 19.9. The van der Waals surface area contributed by atoms with E-state index in [1.807, 2.05) is 0 Å². The van der Waals surface area contributed by atoms with Gasteiger partial charge in [-0.3, -0.25) is 4.90 Å². The fourth-order valence-electron chi connectivity index (χ4n) is 2.96. The molecule has 1 amide bonds. The molecule has 2 atom stereocenters. The number of ether oxygens (including phenoxy) is 2. The monoisotopic (exact) mass is 367 g/mol. The number of carbonyl (C=O) groups excluding carboxylic acids is 2. The Balaban J connectivity index is 2.35. The molecule has 0 aromatic heterocycles. The van der Waals surface area contributed by atoms with E-state index >= 15 is 0 Å². The topological polar surface area (TPSA) is 55.8 Å². The van der Waals surface area contributed by atoms with Crippen molar-refractivity contribution < 1.29 is 27.8 Å². The van der Waals surface area contributed by atoms with Gasteiger partial charge in [0.25, 0.3) is 0 Å². The summed E-state index contributed by atoms with van der Waals surface area (Å²) >= 11 is 0. The Bertz CT molecular complexity index is 692. The lowest BCUT2D eigenvalue weighted by molar-refractivity contribution is -0.134. The third-order valence-corrected chi connectivity index (χ3v) is 3.96. The minimum Gasteiger partial charge on any atom is -0.466 e. The van der Waals surface area contributed by atoms with Crippen LogP contribution >= 0.6 is 0 Å². The van der Waals surface area contributed by atoms with E-state index in [4.69, 9.17) is 4.74 Å². The summed E-state index contributed by atoms with van der Waals surface area (Å²) in [5.74, 6) is -1.97. The summed E-state index contributed by atoms with van der Waals surface area (Å²) < 4.78 is 37.3. The Morgan fingerprint density at radius 3 is 2.31 bits per heavy atom. The van der Waals surface area contributed by atoms with E-state index in [1.54, 1.807) is 26.8 Å². The number of benzene rings is 1. The molecule has 0 N–H and O–H groups in total. The molecule has 7 heteroatoms. The van der Waals surface area contributed by atoms with E-state index in [-0.39, 0.29) is 0 Å². The Morgan fingerprint density at radius 1 is 1.15 bits per heavy atom. The summed E-state index contributed by atoms with van der Waals surface area (Å²) in [6.07, 6.45) is 3.18. The highest BCUT2D eigenvalue weighted by Crippen LogP contribution is 2.38. The lowest BCUT2D eigenvalue weighted by atomic mass is 10.0. The van der Waals surface area contributed by atoms with Gasteiger partial charge in [0.1, 0.15) is 17.2 Å². The Kier molecular flexibility index (Phi) is 6.00. The minimum absolute atomic E-state index is 0.349. The first-order valence-electron chi connectivity index (χ1n) is 8.34. The van der Waals surface area contributed by atoms with Crippen molar-refractivity contribution in [3.63, 3.8) is 0 Å². The second-order valence-electron chi connectivity index (χ2n) is 7.13. The molecule has 0 saturated carbocycles. The van der Waals surface area contributed by atoms with Gasteiger partial charge in [-0.25, -0.2) is 18.4 Å². The van der Waals surface area contributed by atoms with E-state index in [9.17, 15) is 18.4 Å². The average molecular weight is 367 g/mol. The number of amides is 1. The zero-order chi connectivity index (χ0) is 19.5. The largest absolute Gasteiger partial charge is 0.466 e. The van der Waals surface area contributed by atoms with Crippen molar-refractivity contribution in [2.24, 2.45) is 0 Å². The van der Waals surface area contributed by atoms with Crippen LogP contribution in [0.25, 0.3) is 0 Å². The first-order valence-corrected chi connectivity index (χ1v) is 8.34. The molecule has 0 radical (unpaired) electrons. The maximum absolute atomic E-state index is 13.6. The van der Waals surface area contributed by atoms with E-state index < -0.39 is 41.4 Å². The quantitative estimate of drug-likeness (QED) is 0.595. The normalized spacial score (nSPS) is 20.5. The van der Waals surface area contributed by atoms with Gasteiger partial charge >= 0.3 is 12.1 Å². The molecule has 5 nitrogen and oxygen atoms in total. The number of nitrogens with zero attached hydrogens (tertiary/aromatic N) is 1. The summed E-state index contributed by atoms with van der Waals surface area (Å²) in [7, 11) is 1.26. The fourth-order valence-corrected chi connectivity index (χ4v) is 2.96.